The minimum Gasteiger partial charge on any atom is -0.497 e. The van der Waals surface area contributed by atoms with Gasteiger partial charge in [0, 0.05) is 23.8 Å². The molecule has 1 saturated carbocycles. The highest BCUT2D eigenvalue weighted by Crippen LogP contribution is 2.29. The Morgan fingerprint density at radius 3 is 2.52 bits per heavy atom. The van der Waals surface area contributed by atoms with Crippen molar-refractivity contribution < 1.29 is 9.13 Å². The average molecular weight is 330 g/mol. The fourth-order valence-electron chi connectivity index (χ4n) is 2.43. The zero-order valence-electron chi connectivity index (χ0n) is 13.0. The Hall–Kier alpha value is -2.14. The molecular weight excluding hydrogens is 311 g/mol. The van der Waals surface area contributed by atoms with Crippen LogP contribution in [0.3, 0.4) is 0 Å². The number of nitrogens with zero attached hydrogens (tertiary/aromatic N) is 1. The number of methoxy groups -OCH3 is 1. The molecule has 1 aliphatic rings. The Labute approximate surface area is 141 Å². The number of thiocarbonyl (C=S) groups is 1. The van der Waals surface area contributed by atoms with Crippen molar-refractivity contribution in [1.82, 2.24) is 4.90 Å². The molecule has 5 heteroatoms. The van der Waals surface area contributed by atoms with Crippen LogP contribution >= 0.6 is 12.2 Å². The lowest BCUT2D eigenvalue weighted by Crippen LogP contribution is -2.36. The predicted octanol–water partition coefficient (Wildman–Crippen LogP) is 4.20. The number of hydrogen-bond acceptors (Lipinski definition) is 2. The second-order valence-electron chi connectivity index (χ2n) is 5.61. The lowest BCUT2D eigenvalue weighted by molar-refractivity contribution is 0.399. The van der Waals surface area contributed by atoms with Gasteiger partial charge in [-0.3, -0.25) is 0 Å². The molecule has 23 heavy (non-hydrogen) atoms. The summed E-state index contributed by atoms with van der Waals surface area (Å²) in [6.07, 6.45) is 2.19. The standard InChI is InChI=1S/C18H19FN2OS/c1-22-16-10-6-14(7-11-16)20-18(23)21(15-8-9-15)12-13-4-2-3-5-17(13)19/h2-7,10-11,15H,8-9,12H2,1H3,(H,20,23). The van der Waals surface area contributed by atoms with Crippen molar-refractivity contribution in [1.29, 1.82) is 0 Å². The number of rotatable bonds is 5. The van der Waals surface area contributed by atoms with Crippen molar-refractivity contribution in [3.8, 4) is 5.75 Å². The molecule has 0 heterocycles. The van der Waals surface area contributed by atoms with Crippen LogP contribution in [0, 0.1) is 5.82 Å². The van der Waals surface area contributed by atoms with Crippen molar-refractivity contribution in [3.63, 3.8) is 0 Å². The van der Waals surface area contributed by atoms with Crippen LogP contribution < -0.4 is 10.1 Å². The van der Waals surface area contributed by atoms with Gasteiger partial charge in [-0.25, -0.2) is 4.39 Å². The van der Waals surface area contributed by atoms with E-state index in [0.717, 1.165) is 24.3 Å². The van der Waals surface area contributed by atoms with E-state index in [2.05, 4.69) is 10.2 Å². The van der Waals surface area contributed by atoms with Gasteiger partial charge < -0.3 is 15.0 Å². The second kappa shape index (κ2) is 6.96. The molecule has 0 spiro atoms. The van der Waals surface area contributed by atoms with Crippen LogP contribution in [0.1, 0.15) is 18.4 Å². The van der Waals surface area contributed by atoms with E-state index < -0.39 is 0 Å². The number of benzene rings is 2. The van der Waals surface area contributed by atoms with Crippen LogP contribution in [0.15, 0.2) is 48.5 Å². The molecule has 1 aliphatic carbocycles. The van der Waals surface area contributed by atoms with Crippen molar-refractivity contribution in [2.24, 2.45) is 0 Å². The van der Waals surface area contributed by atoms with Crippen molar-refractivity contribution in [3.05, 3.63) is 59.9 Å². The third-order valence-corrected chi connectivity index (χ3v) is 4.22. The number of nitrogens with one attached hydrogen (secondary N) is 1. The molecule has 3 rings (SSSR count). The normalized spacial score (nSPS) is 13.5. The van der Waals surface area contributed by atoms with E-state index in [1.807, 2.05) is 30.3 Å². The van der Waals surface area contributed by atoms with Crippen LogP contribution in [0.2, 0.25) is 0 Å². The molecule has 2 aromatic carbocycles. The summed E-state index contributed by atoms with van der Waals surface area (Å²) in [5, 5.41) is 3.86. The summed E-state index contributed by atoms with van der Waals surface area (Å²) < 4.78 is 19.1. The first-order valence-corrected chi connectivity index (χ1v) is 8.03. The number of ether oxygens (including phenoxy) is 1. The van der Waals surface area contributed by atoms with Crippen molar-refractivity contribution in [2.45, 2.75) is 25.4 Å². The largest absolute Gasteiger partial charge is 0.497 e. The first-order valence-electron chi connectivity index (χ1n) is 7.62. The van der Waals surface area contributed by atoms with Gasteiger partial charge in [-0.2, -0.15) is 0 Å². The lowest BCUT2D eigenvalue weighted by atomic mass is 10.2. The van der Waals surface area contributed by atoms with Crippen LogP contribution in [0.4, 0.5) is 10.1 Å². The maximum absolute atomic E-state index is 13.9. The summed E-state index contributed by atoms with van der Waals surface area (Å²) >= 11 is 5.54. The van der Waals surface area contributed by atoms with Crippen LogP contribution in [-0.4, -0.2) is 23.2 Å². The fourth-order valence-corrected chi connectivity index (χ4v) is 2.76. The molecule has 1 N–H and O–H groups in total. The average Bonchev–Trinajstić information content (AvgIpc) is 3.39. The van der Waals surface area contributed by atoms with Crippen LogP contribution in [0.5, 0.6) is 5.75 Å². The zero-order chi connectivity index (χ0) is 16.2. The van der Waals surface area contributed by atoms with E-state index in [-0.39, 0.29) is 5.82 Å². The number of halogens is 1. The molecule has 0 radical (unpaired) electrons. The maximum atomic E-state index is 13.9. The van der Waals surface area contributed by atoms with Gasteiger partial charge in [0.05, 0.1) is 7.11 Å². The first-order chi connectivity index (χ1) is 11.2. The molecule has 2 aromatic rings. The predicted molar refractivity (Wildman–Crippen MR) is 94.2 cm³/mol. The van der Waals surface area contributed by atoms with E-state index in [1.165, 1.54) is 6.07 Å². The molecule has 120 valence electrons. The smallest absolute Gasteiger partial charge is 0.173 e. The SMILES string of the molecule is COc1ccc(NC(=S)N(Cc2ccccc2F)C2CC2)cc1. The fraction of sp³-hybridized carbons (Fsp3) is 0.278. The quantitative estimate of drug-likeness (QED) is 0.831. The topological polar surface area (TPSA) is 24.5 Å². The minimum absolute atomic E-state index is 0.189. The molecule has 1 fully saturated rings. The monoisotopic (exact) mass is 330 g/mol. The van der Waals surface area contributed by atoms with Gasteiger partial charge in [-0.05, 0) is 55.4 Å². The summed E-state index contributed by atoms with van der Waals surface area (Å²) in [5.74, 6) is 0.609. The van der Waals surface area contributed by atoms with Crippen molar-refractivity contribution in [2.75, 3.05) is 12.4 Å². The minimum atomic E-state index is -0.189. The second-order valence-corrected chi connectivity index (χ2v) is 6.00. The summed E-state index contributed by atoms with van der Waals surface area (Å²) in [4.78, 5) is 2.07. The van der Waals surface area contributed by atoms with E-state index >= 15 is 0 Å². The summed E-state index contributed by atoms with van der Waals surface area (Å²) in [6, 6.07) is 14.8. The van der Waals surface area contributed by atoms with E-state index in [4.69, 9.17) is 17.0 Å². The van der Waals surface area contributed by atoms with Gasteiger partial charge in [0.1, 0.15) is 11.6 Å². The summed E-state index contributed by atoms with van der Waals surface area (Å²) in [5.41, 5.74) is 1.56. The summed E-state index contributed by atoms with van der Waals surface area (Å²) in [6.45, 7) is 0.485. The van der Waals surface area contributed by atoms with Crippen molar-refractivity contribution >= 4 is 23.0 Å². The molecule has 0 aliphatic heterocycles. The Balaban J connectivity index is 1.70. The molecule has 0 saturated heterocycles. The zero-order valence-corrected chi connectivity index (χ0v) is 13.8. The van der Waals surface area contributed by atoms with Gasteiger partial charge in [-0.15, -0.1) is 0 Å². The van der Waals surface area contributed by atoms with E-state index in [9.17, 15) is 4.39 Å². The molecular formula is C18H19FN2OS. The van der Waals surface area contributed by atoms with Gasteiger partial charge >= 0.3 is 0 Å². The highest BCUT2D eigenvalue weighted by atomic mass is 32.1. The lowest BCUT2D eigenvalue weighted by Gasteiger charge is -2.26. The van der Waals surface area contributed by atoms with Crippen LogP contribution in [0.25, 0.3) is 0 Å². The Morgan fingerprint density at radius 2 is 1.91 bits per heavy atom. The molecule has 0 bridgehead atoms. The molecule has 0 atom stereocenters. The molecule has 3 nitrogen and oxygen atoms in total. The molecule has 0 unspecified atom stereocenters. The third-order valence-electron chi connectivity index (χ3n) is 3.89. The maximum Gasteiger partial charge on any atom is 0.173 e. The summed E-state index contributed by atoms with van der Waals surface area (Å²) in [7, 11) is 1.64. The Kier molecular flexibility index (Phi) is 4.76. The van der Waals surface area contributed by atoms with E-state index in [0.29, 0.717) is 23.3 Å². The molecule has 0 aromatic heterocycles. The highest BCUT2D eigenvalue weighted by Gasteiger charge is 2.31. The third kappa shape index (κ3) is 3.99. The van der Waals surface area contributed by atoms with E-state index in [1.54, 1.807) is 19.2 Å². The van der Waals surface area contributed by atoms with Gasteiger partial charge in [-0.1, -0.05) is 18.2 Å². The Morgan fingerprint density at radius 1 is 1.22 bits per heavy atom. The highest BCUT2D eigenvalue weighted by molar-refractivity contribution is 7.80. The first kappa shape index (κ1) is 15.7. The number of anilines is 1. The van der Waals surface area contributed by atoms with Gasteiger partial charge in [0.25, 0.3) is 0 Å². The van der Waals surface area contributed by atoms with Gasteiger partial charge in [0.2, 0.25) is 0 Å². The van der Waals surface area contributed by atoms with Crippen LogP contribution in [-0.2, 0) is 6.54 Å². The van der Waals surface area contributed by atoms with Gasteiger partial charge in [0.15, 0.2) is 5.11 Å². The number of hydrogen-bond donors (Lipinski definition) is 1. The molecule has 0 amide bonds. The Bertz CT molecular complexity index is 686.